The van der Waals surface area contributed by atoms with Gasteiger partial charge in [0, 0.05) is 32.3 Å². The van der Waals surface area contributed by atoms with E-state index in [1.165, 1.54) is 11.4 Å². The van der Waals surface area contributed by atoms with Crippen molar-refractivity contribution in [2.75, 3.05) is 38.4 Å². The minimum Gasteiger partial charge on any atom is -0.383 e. The number of nitrogens with one attached hydrogen (secondary N) is 1. The largest absolute Gasteiger partial charge is 0.383 e. The fourth-order valence-electron chi connectivity index (χ4n) is 2.19. The average molecular weight is 342 g/mol. The van der Waals surface area contributed by atoms with Crippen LogP contribution in [0.25, 0.3) is 0 Å². The molecule has 0 aliphatic rings. The van der Waals surface area contributed by atoms with Crippen LogP contribution in [0.5, 0.6) is 0 Å². The van der Waals surface area contributed by atoms with Crippen LogP contribution < -0.4 is 5.32 Å². The number of nitrogens with zero attached hydrogens (tertiary/aromatic N) is 1. The third-order valence-corrected chi connectivity index (χ3v) is 4.76. The number of anilines is 1. The van der Waals surface area contributed by atoms with Gasteiger partial charge in [0.2, 0.25) is 15.9 Å². The molecule has 0 heterocycles. The molecule has 0 radical (unpaired) electrons. The summed E-state index contributed by atoms with van der Waals surface area (Å²) in [6, 6.07) is 7.62. The summed E-state index contributed by atoms with van der Waals surface area (Å²) < 4.78 is 29.5. The predicted octanol–water partition coefficient (Wildman–Crippen LogP) is 2.05. The third-order valence-electron chi connectivity index (χ3n) is 3.46. The van der Waals surface area contributed by atoms with Gasteiger partial charge in [-0.2, -0.15) is 4.31 Å². The Labute approximate surface area is 138 Å². The standard InChI is InChI=1S/C16H26N2O4S/c1-13(2)14-7-5-6-8-15(14)17-16(19)9-10-18(11-12-22-3)23(4,20)21/h5-8,13H,9-12H2,1-4H3,(H,17,19). The van der Waals surface area contributed by atoms with Crippen LogP contribution in [0.2, 0.25) is 0 Å². The summed E-state index contributed by atoms with van der Waals surface area (Å²) in [6.07, 6.45) is 1.23. The number of para-hydroxylation sites is 1. The minimum absolute atomic E-state index is 0.100. The highest BCUT2D eigenvalue weighted by Gasteiger charge is 2.18. The molecule has 0 saturated heterocycles. The van der Waals surface area contributed by atoms with E-state index in [4.69, 9.17) is 4.74 Å². The maximum absolute atomic E-state index is 12.1. The van der Waals surface area contributed by atoms with Crippen LogP contribution in [0, 0.1) is 0 Å². The van der Waals surface area contributed by atoms with Gasteiger partial charge in [0.1, 0.15) is 0 Å². The van der Waals surface area contributed by atoms with Gasteiger partial charge in [-0.25, -0.2) is 8.42 Å². The first-order chi connectivity index (χ1) is 10.8. The summed E-state index contributed by atoms with van der Waals surface area (Å²) in [6.45, 7) is 4.79. The smallest absolute Gasteiger partial charge is 0.225 e. The average Bonchev–Trinajstić information content (AvgIpc) is 2.46. The first-order valence-electron chi connectivity index (χ1n) is 7.58. The molecular weight excluding hydrogens is 316 g/mol. The van der Waals surface area contributed by atoms with Gasteiger partial charge in [0.15, 0.2) is 0 Å². The maximum atomic E-state index is 12.1. The molecular formula is C16H26N2O4S. The summed E-state index contributed by atoms with van der Waals surface area (Å²) in [5.74, 6) is 0.0879. The molecule has 1 aromatic rings. The number of carbonyl (C=O) groups excluding carboxylic acids is 1. The lowest BCUT2D eigenvalue weighted by Crippen LogP contribution is -2.35. The lowest BCUT2D eigenvalue weighted by molar-refractivity contribution is -0.116. The summed E-state index contributed by atoms with van der Waals surface area (Å²) in [5.41, 5.74) is 1.83. The molecule has 0 fully saturated rings. The zero-order valence-electron chi connectivity index (χ0n) is 14.2. The molecule has 0 atom stereocenters. The van der Waals surface area contributed by atoms with Crippen LogP contribution in [0.4, 0.5) is 5.69 Å². The first-order valence-corrected chi connectivity index (χ1v) is 9.43. The quantitative estimate of drug-likeness (QED) is 0.745. The molecule has 130 valence electrons. The van der Waals surface area contributed by atoms with Gasteiger partial charge in [-0.1, -0.05) is 32.0 Å². The van der Waals surface area contributed by atoms with Gasteiger partial charge in [0.05, 0.1) is 12.9 Å². The monoisotopic (exact) mass is 342 g/mol. The second-order valence-corrected chi connectivity index (χ2v) is 7.68. The maximum Gasteiger partial charge on any atom is 0.225 e. The number of amides is 1. The number of hydrogen-bond acceptors (Lipinski definition) is 4. The van der Waals surface area contributed by atoms with Crippen molar-refractivity contribution in [3.8, 4) is 0 Å². The van der Waals surface area contributed by atoms with Crippen LogP contribution >= 0.6 is 0 Å². The van der Waals surface area contributed by atoms with E-state index < -0.39 is 10.0 Å². The summed E-state index contributed by atoms with van der Waals surface area (Å²) >= 11 is 0. The SMILES string of the molecule is COCCN(CCC(=O)Nc1ccccc1C(C)C)S(C)(=O)=O. The second-order valence-electron chi connectivity index (χ2n) is 5.69. The molecule has 0 spiro atoms. The number of ether oxygens (including phenoxy) is 1. The summed E-state index contributed by atoms with van der Waals surface area (Å²) in [7, 11) is -1.84. The van der Waals surface area contributed by atoms with Crippen LogP contribution in [-0.4, -0.2) is 51.7 Å². The zero-order chi connectivity index (χ0) is 17.5. The highest BCUT2D eigenvalue weighted by atomic mass is 32.2. The Bertz CT molecular complexity index is 614. The van der Waals surface area contributed by atoms with Crippen molar-refractivity contribution in [1.29, 1.82) is 0 Å². The molecule has 0 aliphatic heterocycles. The highest BCUT2D eigenvalue weighted by molar-refractivity contribution is 7.88. The van der Waals surface area contributed by atoms with Gasteiger partial charge in [-0.3, -0.25) is 4.79 Å². The van der Waals surface area contributed by atoms with Gasteiger partial charge in [-0.05, 0) is 17.5 Å². The van der Waals surface area contributed by atoms with Crippen molar-refractivity contribution in [2.45, 2.75) is 26.2 Å². The number of benzene rings is 1. The van der Waals surface area contributed by atoms with Crippen LogP contribution in [0.1, 0.15) is 31.7 Å². The second kappa shape index (κ2) is 9.00. The summed E-state index contributed by atoms with van der Waals surface area (Å²) in [5, 5.41) is 2.86. The molecule has 6 nitrogen and oxygen atoms in total. The molecule has 1 aromatic carbocycles. The van der Waals surface area contributed by atoms with Crippen molar-refractivity contribution in [1.82, 2.24) is 4.31 Å². The Hall–Kier alpha value is -1.44. The highest BCUT2D eigenvalue weighted by Crippen LogP contribution is 2.23. The van der Waals surface area contributed by atoms with E-state index >= 15 is 0 Å². The Morgan fingerprint density at radius 1 is 1.26 bits per heavy atom. The van der Waals surface area contributed by atoms with Gasteiger partial charge in [0.25, 0.3) is 0 Å². The zero-order valence-corrected chi connectivity index (χ0v) is 15.0. The van der Waals surface area contributed by atoms with E-state index in [9.17, 15) is 13.2 Å². The normalized spacial score (nSPS) is 11.9. The molecule has 7 heteroatoms. The molecule has 0 unspecified atom stereocenters. The van der Waals surface area contributed by atoms with Gasteiger partial charge < -0.3 is 10.1 Å². The van der Waals surface area contributed by atoms with Crippen LogP contribution in [0.15, 0.2) is 24.3 Å². The molecule has 0 bridgehead atoms. The topological polar surface area (TPSA) is 75.7 Å². The van der Waals surface area contributed by atoms with Gasteiger partial charge in [-0.15, -0.1) is 0 Å². The van der Waals surface area contributed by atoms with E-state index in [1.807, 2.05) is 24.3 Å². The van der Waals surface area contributed by atoms with Crippen LogP contribution in [-0.2, 0) is 19.6 Å². The van der Waals surface area contributed by atoms with E-state index in [-0.39, 0.29) is 25.4 Å². The Morgan fingerprint density at radius 2 is 1.91 bits per heavy atom. The van der Waals surface area contributed by atoms with Crippen molar-refractivity contribution in [2.24, 2.45) is 0 Å². The number of methoxy groups -OCH3 is 1. The van der Waals surface area contributed by atoms with E-state index in [0.717, 1.165) is 17.5 Å². The summed E-state index contributed by atoms with van der Waals surface area (Å²) in [4.78, 5) is 12.1. The number of hydrogen-bond donors (Lipinski definition) is 1. The first kappa shape index (κ1) is 19.6. The fraction of sp³-hybridized carbons (Fsp3) is 0.562. The number of carbonyl (C=O) groups is 1. The molecule has 0 aromatic heterocycles. The van der Waals surface area contributed by atoms with Gasteiger partial charge >= 0.3 is 0 Å². The van der Waals surface area contributed by atoms with Crippen molar-refractivity contribution >= 4 is 21.6 Å². The lowest BCUT2D eigenvalue weighted by atomic mass is 10.0. The Balaban J connectivity index is 2.66. The minimum atomic E-state index is -3.35. The van der Waals surface area contributed by atoms with Crippen LogP contribution in [0.3, 0.4) is 0 Å². The van der Waals surface area contributed by atoms with E-state index in [0.29, 0.717) is 12.5 Å². The molecule has 0 saturated carbocycles. The van der Waals surface area contributed by atoms with Crippen molar-refractivity contribution in [3.63, 3.8) is 0 Å². The van der Waals surface area contributed by atoms with E-state index in [2.05, 4.69) is 19.2 Å². The third kappa shape index (κ3) is 6.68. The van der Waals surface area contributed by atoms with Crippen molar-refractivity contribution in [3.05, 3.63) is 29.8 Å². The Morgan fingerprint density at radius 3 is 2.48 bits per heavy atom. The molecule has 23 heavy (non-hydrogen) atoms. The Kier molecular flexibility index (Phi) is 7.67. The number of sulfonamides is 1. The number of rotatable bonds is 9. The molecule has 1 N–H and O–H groups in total. The molecule has 1 rings (SSSR count). The van der Waals surface area contributed by atoms with E-state index in [1.54, 1.807) is 0 Å². The predicted molar refractivity (Wildman–Crippen MR) is 92.1 cm³/mol. The molecule has 0 aliphatic carbocycles. The molecule has 1 amide bonds. The lowest BCUT2D eigenvalue weighted by Gasteiger charge is -2.19. The van der Waals surface area contributed by atoms with Crippen molar-refractivity contribution < 1.29 is 17.9 Å². The fourth-order valence-corrected chi connectivity index (χ4v) is 3.02.